The zero-order chi connectivity index (χ0) is 5.91. The van der Waals surface area contributed by atoms with Crippen molar-refractivity contribution in [3.05, 3.63) is 0 Å². The summed E-state index contributed by atoms with van der Waals surface area (Å²) in [5.41, 5.74) is -0.306. The van der Waals surface area contributed by atoms with E-state index in [1.807, 2.05) is 0 Å². The van der Waals surface area contributed by atoms with E-state index in [-0.39, 0.29) is 70.0 Å². The van der Waals surface area contributed by atoms with Gasteiger partial charge in [-0.2, -0.15) is 0 Å². The fourth-order valence-electron chi connectivity index (χ4n) is 0.0500. The van der Waals surface area contributed by atoms with Crippen molar-refractivity contribution in [2.24, 2.45) is 5.41 Å². The monoisotopic (exact) mass is 143 g/mol. The SMILES string of the molecule is CC(C)(CO)CO.[K]. The number of aliphatic hydroxyl groups excluding tert-OH is 2. The maximum Gasteiger partial charge on any atom is 0.0504 e. The van der Waals surface area contributed by atoms with Gasteiger partial charge in [0.15, 0.2) is 0 Å². The Morgan fingerprint density at radius 2 is 1.38 bits per heavy atom. The summed E-state index contributed by atoms with van der Waals surface area (Å²) in [5.74, 6) is 0. The Morgan fingerprint density at radius 3 is 1.38 bits per heavy atom. The molecule has 0 aliphatic rings. The first kappa shape index (κ1) is 12.3. The standard InChI is InChI=1S/C5H12O2.K/c1-5(2,3-6)4-7;/h6-7H,3-4H2,1-2H3;. The van der Waals surface area contributed by atoms with Gasteiger partial charge in [0.1, 0.15) is 0 Å². The fraction of sp³-hybridized carbons (Fsp3) is 1.00. The summed E-state index contributed by atoms with van der Waals surface area (Å²) >= 11 is 0. The molecule has 0 fully saturated rings. The Kier molecular flexibility index (Phi) is 8.19. The summed E-state index contributed by atoms with van der Waals surface area (Å²) in [6.07, 6.45) is 0. The molecule has 0 bridgehead atoms. The van der Waals surface area contributed by atoms with E-state index in [0.29, 0.717) is 0 Å². The van der Waals surface area contributed by atoms with Crippen LogP contribution < -0.4 is 0 Å². The summed E-state index contributed by atoms with van der Waals surface area (Å²) < 4.78 is 0. The molecule has 3 heteroatoms. The van der Waals surface area contributed by atoms with Crippen LogP contribution in [0, 0.1) is 5.41 Å². The molecule has 0 saturated heterocycles. The first-order valence-corrected chi connectivity index (χ1v) is 2.34. The molecule has 0 aliphatic carbocycles. The van der Waals surface area contributed by atoms with Crippen molar-refractivity contribution in [2.75, 3.05) is 13.2 Å². The van der Waals surface area contributed by atoms with E-state index in [0.717, 1.165) is 0 Å². The van der Waals surface area contributed by atoms with Gasteiger partial charge in [0.05, 0.1) is 13.2 Å². The zero-order valence-electron chi connectivity index (χ0n) is 5.81. The van der Waals surface area contributed by atoms with Crippen molar-refractivity contribution in [1.82, 2.24) is 0 Å². The first-order chi connectivity index (χ1) is 3.12. The minimum absolute atomic E-state index is 0. The van der Waals surface area contributed by atoms with Crippen LogP contribution >= 0.6 is 0 Å². The second-order valence-corrected chi connectivity index (χ2v) is 2.48. The Balaban J connectivity index is 0. The molecule has 0 aromatic carbocycles. The van der Waals surface area contributed by atoms with Crippen molar-refractivity contribution >= 4 is 51.4 Å². The molecule has 45 valence electrons. The van der Waals surface area contributed by atoms with Crippen LogP contribution in [0.15, 0.2) is 0 Å². The molecule has 0 spiro atoms. The maximum atomic E-state index is 8.43. The molecule has 0 heterocycles. The normalized spacial score (nSPS) is 10.5. The van der Waals surface area contributed by atoms with Crippen molar-refractivity contribution < 1.29 is 10.2 Å². The van der Waals surface area contributed by atoms with E-state index < -0.39 is 0 Å². The van der Waals surface area contributed by atoms with Crippen LogP contribution in [0.3, 0.4) is 0 Å². The Bertz CT molecular complexity index is 48.4. The van der Waals surface area contributed by atoms with E-state index >= 15 is 0 Å². The molecule has 0 amide bonds. The van der Waals surface area contributed by atoms with Crippen LogP contribution in [-0.2, 0) is 0 Å². The molecule has 0 aromatic rings. The maximum absolute atomic E-state index is 8.43. The van der Waals surface area contributed by atoms with E-state index in [1.54, 1.807) is 13.8 Å². The van der Waals surface area contributed by atoms with Gasteiger partial charge in [0.25, 0.3) is 0 Å². The predicted octanol–water partition coefficient (Wildman–Crippen LogP) is -0.384. The second-order valence-electron chi connectivity index (χ2n) is 2.48. The van der Waals surface area contributed by atoms with Crippen molar-refractivity contribution in [1.29, 1.82) is 0 Å². The van der Waals surface area contributed by atoms with Gasteiger partial charge in [0, 0.05) is 56.8 Å². The van der Waals surface area contributed by atoms with E-state index in [1.165, 1.54) is 0 Å². The number of hydrogen-bond acceptors (Lipinski definition) is 2. The van der Waals surface area contributed by atoms with Crippen LogP contribution in [0.25, 0.3) is 0 Å². The molecule has 8 heavy (non-hydrogen) atoms. The quantitative estimate of drug-likeness (QED) is 0.517. The Hall–Kier alpha value is 1.56. The minimum atomic E-state index is -0.306. The first-order valence-electron chi connectivity index (χ1n) is 2.34. The van der Waals surface area contributed by atoms with Crippen LogP contribution in [0.4, 0.5) is 0 Å². The number of rotatable bonds is 2. The molecule has 2 N–H and O–H groups in total. The van der Waals surface area contributed by atoms with Gasteiger partial charge in [-0.25, -0.2) is 0 Å². The average Bonchev–Trinajstić information content (AvgIpc) is 1.68. The van der Waals surface area contributed by atoms with E-state index in [9.17, 15) is 0 Å². The third kappa shape index (κ3) is 5.69. The molecular formula is C5H12KO2. The fourth-order valence-corrected chi connectivity index (χ4v) is 0.0500. The zero-order valence-corrected chi connectivity index (χ0v) is 8.93. The number of hydrogen-bond donors (Lipinski definition) is 2. The smallest absolute Gasteiger partial charge is 0.0504 e. The predicted molar refractivity (Wildman–Crippen MR) is 33.7 cm³/mol. The van der Waals surface area contributed by atoms with E-state index in [4.69, 9.17) is 10.2 Å². The van der Waals surface area contributed by atoms with Crippen molar-refractivity contribution in [2.45, 2.75) is 13.8 Å². The number of aliphatic hydroxyl groups is 2. The Labute approximate surface area is 92.7 Å². The van der Waals surface area contributed by atoms with Crippen LogP contribution in [-0.4, -0.2) is 74.8 Å². The molecule has 0 rings (SSSR count). The van der Waals surface area contributed by atoms with Gasteiger partial charge in [-0.3, -0.25) is 0 Å². The molecule has 0 saturated carbocycles. The molecule has 0 unspecified atom stereocenters. The summed E-state index contributed by atoms with van der Waals surface area (Å²) in [4.78, 5) is 0. The van der Waals surface area contributed by atoms with Crippen molar-refractivity contribution in [3.63, 3.8) is 0 Å². The second kappa shape index (κ2) is 5.35. The largest absolute Gasteiger partial charge is 0.396 e. The van der Waals surface area contributed by atoms with Gasteiger partial charge >= 0.3 is 0 Å². The molecule has 0 aliphatic heterocycles. The van der Waals surface area contributed by atoms with Crippen molar-refractivity contribution in [3.8, 4) is 0 Å². The molecule has 2 nitrogen and oxygen atoms in total. The molecule has 1 radical (unpaired) electrons. The third-order valence-electron chi connectivity index (χ3n) is 0.856. The molecule has 0 atom stereocenters. The third-order valence-corrected chi connectivity index (χ3v) is 0.856. The van der Waals surface area contributed by atoms with Gasteiger partial charge in [-0.05, 0) is 0 Å². The molecular weight excluding hydrogens is 131 g/mol. The van der Waals surface area contributed by atoms with Crippen LogP contribution in [0.2, 0.25) is 0 Å². The molecule has 0 aromatic heterocycles. The average molecular weight is 143 g/mol. The van der Waals surface area contributed by atoms with Gasteiger partial charge < -0.3 is 10.2 Å². The van der Waals surface area contributed by atoms with Gasteiger partial charge in [-0.15, -0.1) is 0 Å². The van der Waals surface area contributed by atoms with Gasteiger partial charge in [-0.1, -0.05) is 13.8 Å². The van der Waals surface area contributed by atoms with Gasteiger partial charge in [0.2, 0.25) is 0 Å². The minimum Gasteiger partial charge on any atom is -0.396 e. The topological polar surface area (TPSA) is 40.5 Å². The summed E-state index contributed by atoms with van der Waals surface area (Å²) in [6, 6.07) is 0. The summed E-state index contributed by atoms with van der Waals surface area (Å²) in [7, 11) is 0. The summed E-state index contributed by atoms with van der Waals surface area (Å²) in [6.45, 7) is 3.69. The Morgan fingerprint density at radius 1 is 1.12 bits per heavy atom. The van der Waals surface area contributed by atoms with Crippen LogP contribution in [0.5, 0.6) is 0 Å². The van der Waals surface area contributed by atoms with Crippen LogP contribution in [0.1, 0.15) is 13.8 Å². The summed E-state index contributed by atoms with van der Waals surface area (Å²) in [5, 5.41) is 16.9. The van der Waals surface area contributed by atoms with E-state index in [2.05, 4.69) is 0 Å².